The Morgan fingerprint density at radius 3 is 2.61 bits per heavy atom. The van der Waals surface area contributed by atoms with Crippen molar-refractivity contribution in [1.82, 2.24) is 29.8 Å². The Morgan fingerprint density at radius 2 is 1.88 bits per heavy atom. The summed E-state index contributed by atoms with van der Waals surface area (Å²) in [5.74, 6) is 0.00135. The summed E-state index contributed by atoms with van der Waals surface area (Å²) in [5.41, 5.74) is 3.88. The van der Waals surface area contributed by atoms with E-state index in [1.165, 1.54) is 0 Å². The molecule has 0 atom stereocenters. The van der Waals surface area contributed by atoms with Crippen molar-refractivity contribution in [3.05, 3.63) is 89.8 Å². The summed E-state index contributed by atoms with van der Waals surface area (Å²) < 4.78 is 3.74. The third-order valence-corrected chi connectivity index (χ3v) is 5.48. The summed E-state index contributed by atoms with van der Waals surface area (Å²) in [5, 5.41) is 12.7. The van der Waals surface area contributed by atoms with E-state index < -0.39 is 0 Å². The fourth-order valence-corrected chi connectivity index (χ4v) is 3.76. The van der Waals surface area contributed by atoms with Gasteiger partial charge in [0.05, 0.1) is 17.9 Å². The highest BCUT2D eigenvalue weighted by Crippen LogP contribution is 2.26. The standard InChI is InChI=1S/C25H27ClN6O/c1-30(19-24(33)27-13-5-15-31-16-6-14-28-31)17-21-18-32(23-7-3-2-4-8-23)29-25(21)20-9-11-22(26)12-10-20/h2-4,6-12,14,16,18H,5,13,15,17,19H2,1H3,(H,27,33). The number of benzene rings is 2. The van der Waals surface area contributed by atoms with E-state index >= 15 is 0 Å². The summed E-state index contributed by atoms with van der Waals surface area (Å²) in [7, 11) is 1.94. The van der Waals surface area contributed by atoms with Gasteiger partial charge in [0.1, 0.15) is 0 Å². The summed E-state index contributed by atoms with van der Waals surface area (Å²) in [4.78, 5) is 14.4. The predicted molar refractivity (Wildman–Crippen MR) is 130 cm³/mol. The maximum absolute atomic E-state index is 12.4. The number of rotatable bonds is 10. The fourth-order valence-electron chi connectivity index (χ4n) is 3.64. The minimum absolute atomic E-state index is 0.00135. The molecule has 170 valence electrons. The van der Waals surface area contributed by atoms with Crippen LogP contribution in [0, 0.1) is 0 Å². The molecule has 2 heterocycles. The molecule has 2 aromatic heterocycles. The molecule has 0 saturated heterocycles. The van der Waals surface area contributed by atoms with Crippen LogP contribution in [0.25, 0.3) is 16.9 Å². The Kier molecular flexibility index (Phi) is 7.55. The molecule has 7 nitrogen and oxygen atoms in total. The van der Waals surface area contributed by atoms with Gasteiger partial charge in [0.2, 0.25) is 5.91 Å². The van der Waals surface area contributed by atoms with Gasteiger partial charge in [0.15, 0.2) is 0 Å². The third kappa shape index (κ3) is 6.31. The Morgan fingerprint density at radius 1 is 1.09 bits per heavy atom. The molecule has 0 aliphatic rings. The second-order valence-corrected chi connectivity index (χ2v) is 8.37. The molecule has 2 aromatic carbocycles. The molecule has 0 fully saturated rings. The number of hydrogen-bond donors (Lipinski definition) is 1. The molecule has 1 amide bonds. The van der Waals surface area contributed by atoms with Gasteiger partial charge >= 0.3 is 0 Å². The second-order valence-electron chi connectivity index (χ2n) is 7.93. The maximum Gasteiger partial charge on any atom is 0.234 e. The largest absolute Gasteiger partial charge is 0.355 e. The van der Waals surface area contributed by atoms with Crippen molar-refractivity contribution in [1.29, 1.82) is 0 Å². The van der Waals surface area contributed by atoms with Gasteiger partial charge in [-0.2, -0.15) is 10.2 Å². The minimum atomic E-state index is 0.00135. The Hall–Kier alpha value is -3.42. The van der Waals surface area contributed by atoms with E-state index in [4.69, 9.17) is 16.7 Å². The topological polar surface area (TPSA) is 68.0 Å². The van der Waals surface area contributed by atoms with E-state index in [9.17, 15) is 4.79 Å². The van der Waals surface area contributed by atoms with E-state index in [0.29, 0.717) is 24.7 Å². The van der Waals surface area contributed by atoms with Crippen LogP contribution < -0.4 is 5.32 Å². The van der Waals surface area contributed by atoms with Crippen LogP contribution in [0.5, 0.6) is 0 Å². The van der Waals surface area contributed by atoms with Crippen LogP contribution in [0.1, 0.15) is 12.0 Å². The third-order valence-electron chi connectivity index (χ3n) is 5.23. The number of nitrogens with zero attached hydrogens (tertiary/aromatic N) is 5. The highest BCUT2D eigenvalue weighted by atomic mass is 35.5. The van der Waals surface area contributed by atoms with Gasteiger partial charge in [-0.15, -0.1) is 0 Å². The van der Waals surface area contributed by atoms with Gasteiger partial charge in [-0.1, -0.05) is 41.9 Å². The predicted octanol–water partition coefficient (Wildman–Crippen LogP) is 4.03. The Balaban J connectivity index is 1.40. The normalized spacial score (nSPS) is 11.1. The van der Waals surface area contributed by atoms with E-state index in [2.05, 4.69) is 10.4 Å². The number of amides is 1. The first kappa shape index (κ1) is 22.8. The number of carbonyl (C=O) groups is 1. The van der Waals surface area contributed by atoms with Crippen LogP contribution in [-0.2, 0) is 17.9 Å². The first-order chi connectivity index (χ1) is 16.1. The first-order valence-electron chi connectivity index (χ1n) is 10.9. The van der Waals surface area contributed by atoms with Crippen molar-refractivity contribution in [3.8, 4) is 16.9 Å². The number of nitrogens with one attached hydrogen (secondary N) is 1. The number of aromatic nitrogens is 4. The number of para-hydroxylation sites is 1. The zero-order valence-corrected chi connectivity index (χ0v) is 19.3. The lowest BCUT2D eigenvalue weighted by Gasteiger charge is -2.16. The first-order valence-corrected chi connectivity index (χ1v) is 11.3. The van der Waals surface area contributed by atoms with Gasteiger partial charge in [-0.3, -0.25) is 14.4 Å². The highest BCUT2D eigenvalue weighted by Gasteiger charge is 2.15. The zero-order valence-electron chi connectivity index (χ0n) is 18.6. The average molecular weight is 463 g/mol. The summed E-state index contributed by atoms with van der Waals surface area (Å²) in [6.07, 6.45) is 6.54. The lowest BCUT2D eigenvalue weighted by atomic mass is 10.1. The van der Waals surface area contributed by atoms with Crippen LogP contribution in [0.2, 0.25) is 5.02 Å². The van der Waals surface area contributed by atoms with Gasteiger partial charge in [0, 0.05) is 54.4 Å². The van der Waals surface area contributed by atoms with Crippen LogP contribution >= 0.6 is 11.6 Å². The monoisotopic (exact) mass is 462 g/mol. The molecule has 0 radical (unpaired) electrons. The van der Waals surface area contributed by atoms with Crippen molar-refractivity contribution in [2.24, 2.45) is 0 Å². The van der Waals surface area contributed by atoms with Crippen molar-refractivity contribution in [2.45, 2.75) is 19.5 Å². The number of aryl methyl sites for hydroxylation is 1. The van der Waals surface area contributed by atoms with Gasteiger partial charge in [-0.25, -0.2) is 4.68 Å². The van der Waals surface area contributed by atoms with Crippen LogP contribution in [0.4, 0.5) is 0 Å². The molecule has 8 heteroatoms. The molecule has 0 bridgehead atoms. The molecular weight excluding hydrogens is 436 g/mol. The highest BCUT2D eigenvalue weighted by molar-refractivity contribution is 6.30. The lowest BCUT2D eigenvalue weighted by molar-refractivity contribution is -0.122. The summed E-state index contributed by atoms with van der Waals surface area (Å²) >= 11 is 6.08. The zero-order chi connectivity index (χ0) is 23.0. The van der Waals surface area contributed by atoms with E-state index in [1.807, 2.05) is 94.4 Å². The fraction of sp³-hybridized carbons (Fsp3) is 0.240. The molecule has 1 N–H and O–H groups in total. The molecule has 0 saturated carbocycles. The molecule has 0 unspecified atom stereocenters. The summed E-state index contributed by atoms with van der Waals surface area (Å²) in [6.45, 7) is 2.30. The number of likely N-dealkylation sites (N-methyl/N-ethyl adjacent to an activating group) is 1. The molecule has 0 spiro atoms. The van der Waals surface area contributed by atoms with Crippen LogP contribution in [0.15, 0.2) is 79.3 Å². The summed E-state index contributed by atoms with van der Waals surface area (Å²) in [6, 6.07) is 19.5. The van der Waals surface area contributed by atoms with Crippen molar-refractivity contribution in [2.75, 3.05) is 20.1 Å². The smallest absolute Gasteiger partial charge is 0.234 e. The number of hydrogen-bond acceptors (Lipinski definition) is 4. The van der Waals surface area contributed by atoms with Crippen LogP contribution in [-0.4, -0.2) is 50.5 Å². The lowest BCUT2D eigenvalue weighted by Crippen LogP contribution is -2.35. The van der Waals surface area contributed by atoms with Gasteiger partial charge in [0.25, 0.3) is 0 Å². The average Bonchev–Trinajstić information content (AvgIpc) is 3.48. The molecule has 33 heavy (non-hydrogen) atoms. The van der Waals surface area contributed by atoms with Gasteiger partial charge < -0.3 is 5.32 Å². The van der Waals surface area contributed by atoms with E-state index in [0.717, 1.165) is 35.5 Å². The quantitative estimate of drug-likeness (QED) is 0.361. The van der Waals surface area contributed by atoms with Crippen LogP contribution in [0.3, 0.4) is 0 Å². The minimum Gasteiger partial charge on any atom is -0.355 e. The second kappa shape index (κ2) is 10.9. The molecule has 4 rings (SSSR count). The SMILES string of the molecule is CN(CC(=O)NCCCn1cccn1)Cc1cn(-c2ccccc2)nc1-c1ccc(Cl)cc1. The van der Waals surface area contributed by atoms with Crippen molar-refractivity contribution < 1.29 is 4.79 Å². The van der Waals surface area contributed by atoms with E-state index in [1.54, 1.807) is 6.20 Å². The van der Waals surface area contributed by atoms with Crippen molar-refractivity contribution in [3.63, 3.8) is 0 Å². The number of halogens is 1. The molecule has 0 aliphatic carbocycles. The molecule has 0 aliphatic heterocycles. The van der Waals surface area contributed by atoms with Gasteiger partial charge in [-0.05, 0) is 43.8 Å². The molecule has 4 aromatic rings. The van der Waals surface area contributed by atoms with E-state index in [-0.39, 0.29) is 5.91 Å². The maximum atomic E-state index is 12.4. The van der Waals surface area contributed by atoms with Crippen molar-refractivity contribution >= 4 is 17.5 Å². The Bertz CT molecular complexity index is 1160. The Labute approximate surface area is 198 Å². The number of carbonyl (C=O) groups excluding carboxylic acids is 1. The molecular formula is C25H27ClN6O.